The molecule has 0 radical (unpaired) electrons. The molecule has 0 N–H and O–H groups in total. The minimum Gasteiger partial charge on any atom is -0.454 e. The molecule has 2 heterocycles. The summed E-state index contributed by atoms with van der Waals surface area (Å²) in [5.74, 6) is 0. The fraction of sp³-hybridized carbons (Fsp3) is 0.0508. The zero-order valence-electron chi connectivity index (χ0n) is 35.9. The van der Waals surface area contributed by atoms with Crippen LogP contribution < -0.4 is 15.0 Å². The van der Waals surface area contributed by atoms with Crippen LogP contribution >= 0.6 is 11.8 Å². The smallest absolute Gasteiger partial charge is 0.159 e. The molecule has 64 heavy (non-hydrogen) atoms. The Kier molecular flexibility index (Phi) is 9.11. The first-order valence-corrected chi connectivity index (χ1v) is 26.3. The summed E-state index contributed by atoms with van der Waals surface area (Å²) in [5.41, 5.74) is 13.2. The second-order valence-corrected chi connectivity index (χ2v) is 23.9. The Morgan fingerprint density at radius 1 is 0.406 bits per heavy atom. The average Bonchev–Trinajstić information content (AvgIpc) is 3.72. The molecule has 3 nitrogen and oxygen atoms in total. The lowest BCUT2D eigenvalue weighted by Crippen LogP contribution is -2.37. The van der Waals surface area contributed by atoms with Gasteiger partial charge in [0.05, 0.1) is 19.4 Å². The van der Waals surface area contributed by atoms with Crippen LogP contribution in [0, 0.1) is 0 Å². The number of anilines is 6. The van der Waals surface area contributed by atoms with Crippen LogP contribution in [0.4, 0.5) is 34.1 Å². The van der Waals surface area contributed by atoms with E-state index in [4.69, 9.17) is 4.42 Å². The van der Waals surface area contributed by atoms with Gasteiger partial charge in [0.25, 0.3) is 0 Å². The number of hydrogen-bond donors (Lipinski definition) is 0. The number of rotatable bonds is 8. The van der Waals surface area contributed by atoms with Crippen LogP contribution in [0.5, 0.6) is 0 Å². The minimum absolute atomic E-state index is 0.868. The minimum atomic E-state index is -1.45. The maximum Gasteiger partial charge on any atom is 0.159 e. The molecule has 1 aliphatic rings. The van der Waals surface area contributed by atoms with Crippen molar-refractivity contribution in [2.24, 2.45) is 0 Å². The van der Waals surface area contributed by atoms with Crippen molar-refractivity contribution in [2.75, 3.05) is 9.80 Å². The number of hydrogen-bond acceptors (Lipinski definition) is 4. The van der Waals surface area contributed by atoms with E-state index in [1.54, 1.807) is 0 Å². The average molecular weight is 857 g/mol. The van der Waals surface area contributed by atoms with Crippen LogP contribution in [-0.2, 0) is 0 Å². The molecule has 1 aliphatic heterocycles. The largest absolute Gasteiger partial charge is 0.454 e. The summed E-state index contributed by atoms with van der Waals surface area (Å²) in [5, 5.41) is 8.73. The Morgan fingerprint density at radius 2 is 1.05 bits per heavy atom. The van der Waals surface area contributed by atoms with Gasteiger partial charge in [0.1, 0.15) is 5.58 Å². The van der Waals surface area contributed by atoms with Gasteiger partial charge in [-0.1, -0.05) is 170 Å². The number of furan rings is 1. The van der Waals surface area contributed by atoms with Crippen molar-refractivity contribution in [1.82, 2.24) is 0 Å². The van der Waals surface area contributed by atoms with Crippen molar-refractivity contribution < 1.29 is 4.42 Å². The Morgan fingerprint density at radius 3 is 1.88 bits per heavy atom. The fourth-order valence-corrected chi connectivity index (χ4v) is 12.0. The van der Waals surface area contributed by atoms with E-state index in [1.807, 2.05) is 17.8 Å². The molecule has 306 valence electrons. The fourth-order valence-electron chi connectivity index (χ4n) is 9.66. The summed E-state index contributed by atoms with van der Waals surface area (Å²) in [6.45, 7) is 7.22. The summed E-state index contributed by atoms with van der Waals surface area (Å²) in [4.78, 5) is 7.27. The molecule has 12 rings (SSSR count). The van der Waals surface area contributed by atoms with Gasteiger partial charge in [-0.05, 0) is 112 Å². The molecule has 0 aliphatic carbocycles. The van der Waals surface area contributed by atoms with Gasteiger partial charge in [-0.3, -0.25) is 0 Å². The third kappa shape index (κ3) is 6.42. The molecule has 0 unspecified atom stereocenters. The molecule has 0 saturated carbocycles. The van der Waals surface area contributed by atoms with Crippen LogP contribution in [0.25, 0.3) is 65.7 Å². The Balaban J connectivity index is 1.01. The highest BCUT2D eigenvalue weighted by Crippen LogP contribution is 2.53. The molecule has 0 bridgehead atoms. The highest BCUT2D eigenvalue weighted by Gasteiger charge is 2.26. The molecule has 0 atom stereocenters. The Bertz CT molecular complexity index is 3580. The second kappa shape index (κ2) is 15.2. The van der Waals surface area contributed by atoms with Crippen molar-refractivity contribution in [3.8, 4) is 22.3 Å². The third-order valence-electron chi connectivity index (χ3n) is 12.8. The van der Waals surface area contributed by atoms with Gasteiger partial charge < -0.3 is 14.2 Å². The topological polar surface area (TPSA) is 19.6 Å². The van der Waals surface area contributed by atoms with Crippen molar-refractivity contribution in [1.29, 1.82) is 0 Å². The summed E-state index contributed by atoms with van der Waals surface area (Å²) in [7, 11) is -1.45. The second-order valence-electron chi connectivity index (χ2n) is 17.7. The van der Waals surface area contributed by atoms with Gasteiger partial charge in [-0.25, -0.2) is 0 Å². The zero-order chi connectivity index (χ0) is 42.9. The van der Waals surface area contributed by atoms with Crippen molar-refractivity contribution in [2.45, 2.75) is 29.4 Å². The Labute approximate surface area is 378 Å². The first-order chi connectivity index (χ1) is 31.4. The van der Waals surface area contributed by atoms with E-state index in [2.05, 4.69) is 236 Å². The van der Waals surface area contributed by atoms with E-state index in [0.717, 1.165) is 67.2 Å². The van der Waals surface area contributed by atoms with Crippen LogP contribution in [-0.4, -0.2) is 8.07 Å². The van der Waals surface area contributed by atoms with Crippen LogP contribution in [0.1, 0.15) is 0 Å². The van der Waals surface area contributed by atoms with E-state index in [-0.39, 0.29) is 0 Å². The number of nitrogens with zero attached hydrogens (tertiary/aromatic N) is 2. The van der Waals surface area contributed by atoms with Gasteiger partial charge in [0.15, 0.2) is 5.58 Å². The summed E-state index contributed by atoms with van der Waals surface area (Å²) >= 11 is 1.86. The lowest BCUT2D eigenvalue weighted by Gasteiger charge is -2.30. The van der Waals surface area contributed by atoms with Crippen LogP contribution in [0.15, 0.2) is 227 Å². The monoisotopic (exact) mass is 856 g/mol. The van der Waals surface area contributed by atoms with Gasteiger partial charge in [-0.2, -0.15) is 0 Å². The lowest BCUT2D eigenvalue weighted by molar-refractivity contribution is 0.669. The van der Waals surface area contributed by atoms with Crippen molar-refractivity contribution in [3.05, 3.63) is 212 Å². The predicted molar refractivity (Wildman–Crippen MR) is 276 cm³/mol. The predicted octanol–water partition coefficient (Wildman–Crippen LogP) is 17.2. The Hall–Kier alpha value is -7.31. The zero-order valence-corrected chi connectivity index (χ0v) is 37.7. The maximum absolute atomic E-state index is 6.73. The first kappa shape index (κ1) is 38.4. The van der Waals surface area contributed by atoms with E-state index in [1.165, 1.54) is 47.6 Å². The van der Waals surface area contributed by atoms with Gasteiger partial charge >= 0.3 is 0 Å². The van der Waals surface area contributed by atoms with Crippen molar-refractivity contribution >= 4 is 103 Å². The standard InChI is InChI=1S/C59H44N2OSSi/c1-64(2,3)45-33-30-42(31-34-45)60(41-18-8-5-9-19-41)43-29-28-40-36-52-48-35-32-44(38-57(48)63-56-27-15-22-49(58(52)56)51(40)37-43)61(53-24-12-10-20-46(53)39-16-6-4-7-17-39)54-25-14-23-50-47-21-11-13-26-55(47)62-59(50)54/h4-38H,1-3H3. The van der Waals surface area contributed by atoms with Crippen LogP contribution in [0.2, 0.25) is 19.6 Å². The number of para-hydroxylation sites is 4. The molecular formula is C59H44N2OSSi. The van der Waals surface area contributed by atoms with Gasteiger partial charge in [-0.15, -0.1) is 0 Å². The summed E-state index contributed by atoms with van der Waals surface area (Å²) in [6, 6.07) is 77.5. The van der Waals surface area contributed by atoms with Crippen LogP contribution in [0.3, 0.4) is 0 Å². The van der Waals surface area contributed by atoms with E-state index in [0.29, 0.717) is 0 Å². The molecule has 10 aromatic carbocycles. The lowest BCUT2D eigenvalue weighted by atomic mass is 9.92. The SMILES string of the molecule is C[Si](C)(C)c1ccc(N(c2ccccc2)c2ccc3cc4c5c(cccc5c3c2)Sc2cc(N(c3ccccc3-c3ccccc3)c3cccc5c3oc3ccccc35)ccc2-4)cc1. The highest BCUT2D eigenvalue weighted by atomic mass is 32.2. The molecule has 0 amide bonds. The molecule has 1 aromatic heterocycles. The summed E-state index contributed by atoms with van der Waals surface area (Å²) < 4.78 is 6.73. The summed E-state index contributed by atoms with van der Waals surface area (Å²) in [6.07, 6.45) is 0. The molecule has 5 heteroatoms. The van der Waals surface area contributed by atoms with E-state index < -0.39 is 8.07 Å². The van der Waals surface area contributed by atoms with E-state index >= 15 is 0 Å². The molecule has 11 aromatic rings. The highest BCUT2D eigenvalue weighted by molar-refractivity contribution is 7.99. The number of fused-ring (bicyclic) bond motifs is 7. The molecular weight excluding hydrogens is 813 g/mol. The third-order valence-corrected chi connectivity index (χ3v) is 16.0. The van der Waals surface area contributed by atoms with E-state index in [9.17, 15) is 0 Å². The maximum atomic E-state index is 6.73. The molecule has 0 saturated heterocycles. The van der Waals surface area contributed by atoms with Gasteiger partial charge in [0, 0.05) is 54.3 Å². The molecule has 0 fully saturated rings. The number of benzene rings is 10. The molecule has 0 spiro atoms. The normalized spacial score (nSPS) is 12.2. The quantitative estimate of drug-likeness (QED) is 0.112. The first-order valence-electron chi connectivity index (χ1n) is 22.0. The van der Waals surface area contributed by atoms with Gasteiger partial charge in [0.2, 0.25) is 0 Å². The van der Waals surface area contributed by atoms with Crippen molar-refractivity contribution in [3.63, 3.8) is 0 Å².